The molecule has 0 saturated carbocycles. The van der Waals surface area contributed by atoms with Crippen molar-refractivity contribution in [1.29, 1.82) is 0 Å². The van der Waals surface area contributed by atoms with Crippen LogP contribution in [-0.4, -0.2) is 62.0 Å². The molecule has 114 valence electrons. The number of likely N-dealkylation sites (N-methyl/N-ethyl adjacent to an activating group) is 1. The lowest BCUT2D eigenvalue weighted by molar-refractivity contribution is 0.0273. The molecule has 1 heterocycles. The molecule has 0 aromatic carbocycles. The number of rotatable bonds is 8. The van der Waals surface area contributed by atoms with Gasteiger partial charge in [-0.2, -0.15) is 0 Å². The number of nitrogens with one attached hydrogen (secondary N) is 1. The van der Waals surface area contributed by atoms with Crippen LogP contribution in [0.3, 0.4) is 0 Å². The normalized spacial score (nSPS) is 24.6. The summed E-state index contributed by atoms with van der Waals surface area (Å²) in [5, 5.41) is 13.5. The number of ether oxygens (including phenoxy) is 1. The zero-order chi connectivity index (χ0) is 14.5. The van der Waals surface area contributed by atoms with Crippen molar-refractivity contribution in [3.05, 3.63) is 0 Å². The molecule has 2 N–H and O–H groups in total. The lowest BCUT2D eigenvalue weighted by Gasteiger charge is -2.35. The van der Waals surface area contributed by atoms with Gasteiger partial charge in [-0.1, -0.05) is 13.8 Å². The van der Waals surface area contributed by atoms with Crippen LogP contribution < -0.4 is 5.32 Å². The van der Waals surface area contributed by atoms with Gasteiger partial charge >= 0.3 is 0 Å². The molecule has 4 heteroatoms. The van der Waals surface area contributed by atoms with E-state index in [1.165, 1.54) is 0 Å². The van der Waals surface area contributed by atoms with Crippen molar-refractivity contribution in [2.24, 2.45) is 11.3 Å². The van der Waals surface area contributed by atoms with Crippen LogP contribution in [-0.2, 0) is 4.74 Å². The molecule has 1 atom stereocenters. The standard InChI is InChI=1S/C15H32N2O2/c1-13(2)8-16-9-15(6-7-19-12-15)11-17(5)10-14(3,4)18/h13,16,18H,6-12H2,1-5H3. The Bertz CT molecular complexity index is 255. The maximum Gasteiger partial charge on any atom is 0.0718 e. The van der Waals surface area contributed by atoms with Crippen LogP contribution in [0.2, 0.25) is 0 Å². The molecule has 0 aromatic rings. The summed E-state index contributed by atoms with van der Waals surface area (Å²) >= 11 is 0. The molecule has 19 heavy (non-hydrogen) atoms. The van der Waals surface area contributed by atoms with E-state index in [1.807, 2.05) is 13.8 Å². The minimum atomic E-state index is -0.638. The minimum Gasteiger partial charge on any atom is -0.389 e. The second kappa shape index (κ2) is 7.02. The molecule has 0 radical (unpaired) electrons. The van der Waals surface area contributed by atoms with Crippen LogP contribution in [0.1, 0.15) is 34.1 Å². The van der Waals surface area contributed by atoms with E-state index >= 15 is 0 Å². The SMILES string of the molecule is CC(C)CNCC1(CN(C)CC(C)(C)O)CCOC1. The Morgan fingerprint density at radius 3 is 2.58 bits per heavy atom. The summed E-state index contributed by atoms with van der Waals surface area (Å²) in [7, 11) is 2.08. The fourth-order valence-electron chi connectivity index (χ4n) is 2.88. The van der Waals surface area contributed by atoms with Gasteiger partial charge < -0.3 is 20.1 Å². The van der Waals surface area contributed by atoms with Crippen molar-refractivity contribution < 1.29 is 9.84 Å². The van der Waals surface area contributed by atoms with Gasteiger partial charge in [0.2, 0.25) is 0 Å². The van der Waals surface area contributed by atoms with E-state index in [2.05, 4.69) is 31.1 Å². The van der Waals surface area contributed by atoms with Crippen molar-refractivity contribution in [3.63, 3.8) is 0 Å². The smallest absolute Gasteiger partial charge is 0.0718 e. The van der Waals surface area contributed by atoms with E-state index in [4.69, 9.17) is 4.74 Å². The van der Waals surface area contributed by atoms with Crippen LogP contribution in [0.25, 0.3) is 0 Å². The maximum atomic E-state index is 9.91. The Balaban J connectivity index is 2.47. The molecule has 0 spiro atoms. The molecular formula is C15H32N2O2. The van der Waals surface area contributed by atoms with Crippen LogP contribution in [0, 0.1) is 11.3 Å². The third-order valence-electron chi connectivity index (χ3n) is 3.50. The molecule has 1 saturated heterocycles. The zero-order valence-electron chi connectivity index (χ0n) is 13.3. The van der Waals surface area contributed by atoms with Crippen LogP contribution in [0.5, 0.6) is 0 Å². The van der Waals surface area contributed by atoms with E-state index in [1.54, 1.807) is 0 Å². The third kappa shape index (κ3) is 6.70. The van der Waals surface area contributed by atoms with Gasteiger partial charge in [-0.15, -0.1) is 0 Å². The maximum absolute atomic E-state index is 9.91. The Hall–Kier alpha value is -0.160. The highest BCUT2D eigenvalue weighted by Crippen LogP contribution is 2.29. The van der Waals surface area contributed by atoms with Gasteiger partial charge in [-0.25, -0.2) is 0 Å². The first-order valence-electron chi connectivity index (χ1n) is 7.42. The Morgan fingerprint density at radius 1 is 1.42 bits per heavy atom. The molecule has 0 bridgehead atoms. The highest BCUT2D eigenvalue weighted by molar-refractivity contribution is 4.89. The van der Waals surface area contributed by atoms with Crippen LogP contribution in [0.15, 0.2) is 0 Å². The molecule has 0 amide bonds. The topological polar surface area (TPSA) is 44.7 Å². The van der Waals surface area contributed by atoms with Gasteiger partial charge in [0.05, 0.1) is 12.2 Å². The quantitative estimate of drug-likeness (QED) is 0.700. The first kappa shape index (κ1) is 16.9. The molecule has 4 nitrogen and oxygen atoms in total. The second-order valence-corrected chi connectivity index (χ2v) is 7.31. The minimum absolute atomic E-state index is 0.203. The van der Waals surface area contributed by atoms with E-state index in [-0.39, 0.29) is 5.41 Å². The first-order chi connectivity index (χ1) is 8.72. The van der Waals surface area contributed by atoms with Crippen LogP contribution >= 0.6 is 0 Å². The van der Waals surface area contributed by atoms with E-state index < -0.39 is 5.60 Å². The fourth-order valence-corrected chi connectivity index (χ4v) is 2.88. The summed E-state index contributed by atoms with van der Waals surface area (Å²) in [6, 6.07) is 0. The molecule has 1 rings (SSSR count). The molecule has 0 aromatic heterocycles. The summed E-state index contributed by atoms with van der Waals surface area (Å²) in [6.45, 7) is 13.6. The molecule has 1 aliphatic rings. The molecular weight excluding hydrogens is 240 g/mol. The Labute approximate surface area is 118 Å². The predicted molar refractivity (Wildman–Crippen MR) is 79.4 cm³/mol. The highest BCUT2D eigenvalue weighted by atomic mass is 16.5. The van der Waals surface area contributed by atoms with E-state index in [0.29, 0.717) is 12.5 Å². The van der Waals surface area contributed by atoms with Gasteiger partial charge in [-0.05, 0) is 39.8 Å². The fraction of sp³-hybridized carbons (Fsp3) is 1.00. The largest absolute Gasteiger partial charge is 0.389 e. The molecule has 0 aliphatic carbocycles. The molecule has 1 aliphatic heterocycles. The Kier molecular flexibility index (Phi) is 6.24. The first-order valence-corrected chi connectivity index (χ1v) is 7.42. The van der Waals surface area contributed by atoms with Crippen molar-refractivity contribution in [1.82, 2.24) is 10.2 Å². The predicted octanol–water partition coefficient (Wildman–Crippen LogP) is 1.34. The highest BCUT2D eigenvalue weighted by Gasteiger charge is 2.36. The van der Waals surface area contributed by atoms with E-state index in [9.17, 15) is 5.11 Å². The van der Waals surface area contributed by atoms with Crippen molar-refractivity contribution in [3.8, 4) is 0 Å². The lowest BCUT2D eigenvalue weighted by atomic mass is 9.86. The average Bonchev–Trinajstić information content (AvgIpc) is 2.62. The van der Waals surface area contributed by atoms with Crippen molar-refractivity contribution in [2.75, 3.05) is 46.4 Å². The summed E-state index contributed by atoms with van der Waals surface area (Å²) in [4.78, 5) is 2.23. The number of hydrogen-bond acceptors (Lipinski definition) is 4. The number of nitrogens with zero attached hydrogens (tertiary/aromatic N) is 1. The van der Waals surface area contributed by atoms with Gasteiger partial charge in [-0.3, -0.25) is 0 Å². The summed E-state index contributed by atoms with van der Waals surface area (Å²) < 4.78 is 5.62. The van der Waals surface area contributed by atoms with Gasteiger partial charge in [0, 0.05) is 31.7 Å². The van der Waals surface area contributed by atoms with Crippen molar-refractivity contribution >= 4 is 0 Å². The third-order valence-corrected chi connectivity index (χ3v) is 3.50. The van der Waals surface area contributed by atoms with Gasteiger partial charge in [0.1, 0.15) is 0 Å². The summed E-state index contributed by atoms with van der Waals surface area (Å²) in [6.07, 6.45) is 1.11. The monoisotopic (exact) mass is 272 g/mol. The molecule has 1 unspecified atom stereocenters. The van der Waals surface area contributed by atoms with Gasteiger partial charge in [0.25, 0.3) is 0 Å². The zero-order valence-corrected chi connectivity index (χ0v) is 13.3. The second-order valence-electron chi connectivity index (χ2n) is 7.31. The van der Waals surface area contributed by atoms with Crippen LogP contribution in [0.4, 0.5) is 0 Å². The number of hydrogen-bond donors (Lipinski definition) is 2. The summed E-state index contributed by atoms with van der Waals surface area (Å²) in [5.41, 5.74) is -0.435. The van der Waals surface area contributed by atoms with Gasteiger partial charge in [0.15, 0.2) is 0 Å². The van der Waals surface area contributed by atoms with E-state index in [0.717, 1.165) is 39.3 Å². The molecule has 1 fully saturated rings. The van der Waals surface area contributed by atoms with Crippen molar-refractivity contribution in [2.45, 2.75) is 39.7 Å². The summed E-state index contributed by atoms with van der Waals surface area (Å²) in [5.74, 6) is 0.675. The number of aliphatic hydroxyl groups is 1. The lowest BCUT2D eigenvalue weighted by Crippen LogP contribution is -2.47. The Morgan fingerprint density at radius 2 is 2.11 bits per heavy atom. The average molecular weight is 272 g/mol.